The number of amides is 1. The van der Waals surface area contributed by atoms with Crippen LogP contribution >= 0.6 is 0 Å². The molecule has 1 aliphatic heterocycles. The fourth-order valence-corrected chi connectivity index (χ4v) is 3.20. The predicted octanol–water partition coefficient (Wildman–Crippen LogP) is 1.44. The topological polar surface area (TPSA) is 74.6 Å². The molecule has 0 spiro atoms. The quantitative estimate of drug-likeness (QED) is 0.875. The summed E-state index contributed by atoms with van der Waals surface area (Å²) < 4.78 is 2.18. The van der Waals surface area contributed by atoms with Gasteiger partial charge in [0, 0.05) is 37.9 Å². The van der Waals surface area contributed by atoms with Crippen LogP contribution in [-0.2, 0) is 22.7 Å². The minimum absolute atomic E-state index is 0.166. The lowest BCUT2D eigenvalue weighted by Crippen LogP contribution is -2.55. The molecular weight excluding hydrogens is 294 g/mol. The van der Waals surface area contributed by atoms with Crippen LogP contribution in [0.3, 0.4) is 0 Å². The Morgan fingerprint density at radius 2 is 2.22 bits per heavy atom. The zero-order chi connectivity index (χ0) is 16.4. The van der Waals surface area contributed by atoms with Crippen molar-refractivity contribution in [3.63, 3.8) is 0 Å². The Bertz CT molecular complexity index is 738. The number of hydrogen-bond donors (Lipinski definition) is 2. The van der Waals surface area contributed by atoms with Gasteiger partial charge in [0.15, 0.2) is 0 Å². The smallest absolute Gasteiger partial charge is 0.305 e. The molecule has 6 heteroatoms. The number of benzene rings is 1. The Labute approximate surface area is 134 Å². The van der Waals surface area contributed by atoms with Crippen LogP contribution in [0.15, 0.2) is 30.5 Å². The molecule has 1 fully saturated rings. The maximum absolute atomic E-state index is 12.0. The molecule has 2 N–H and O–H groups in total. The van der Waals surface area contributed by atoms with E-state index in [0.29, 0.717) is 19.6 Å². The number of carboxylic acid groups (broad SMARTS) is 1. The lowest BCUT2D eigenvalue weighted by atomic mass is 10.1. The number of hydrogen-bond acceptors (Lipinski definition) is 3. The minimum Gasteiger partial charge on any atom is -0.481 e. The third kappa shape index (κ3) is 3.22. The van der Waals surface area contributed by atoms with Crippen LogP contribution in [0.5, 0.6) is 0 Å². The summed E-state index contributed by atoms with van der Waals surface area (Å²) in [6.07, 6.45) is 1.90. The van der Waals surface area contributed by atoms with Gasteiger partial charge in [0.25, 0.3) is 0 Å². The van der Waals surface area contributed by atoms with Gasteiger partial charge in [-0.2, -0.15) is 0 Å². The fraction of sp³-hybridized carbons (Fsp3) is 0.412. The number of aliphatic carboxylic acids is 1. The summed E-state index contributed by atoms with van der Waals surface area (Å²) in [4.78, 5) is 24.9. The van der Waals surface area contributed by atoms with Crippen molar-refractivity contribution in [3.8, 4) is 0 Å². The van der Waals surface area contributed by atoms with Crippen LogP contribution in [0.1, 0.15) is 18.9 Å². The van der Waals surface area contributed by atoms with Crippen molar-refractivity contribution in [2.45, 2.75) is 32.5 Å². The molecule has 1 aromatic heterocycles. The average Bonchev–Trinajstić information content (AvgIpc) is 2.92. The summed E-state index contributed by atoms with van der Waals surface area (Å²) in [7, 11) is 0. The first kappa shape index (κ1) is 15.6. The van der Waals surface area contributed by atoms with Crippen LogP contribution in [0.2, 0.25) is 0 Å². The standard InChI is InChI=1S/C17H21N3O3/c1-2-19-7-5-13-9-12(3-4-14(13)19)11-20-8-6-18-17(23)15(20)10-16(21)22/h3-5,7,9,15H,2,6,8,10-11H2,1H3,(H,18,23)(H,21,22)/t15-/m0/s1. The van der Waals surface area contributed by atoms with E-state index < -0.39 is 12.0 Å². The first-order chi connectivity index (χ1) is 11.1. The molecule has 0 aliphatic carbocycles. The van der Waals surface area contributed by atoms with Gasteiger partial charge in [-0.3, -0.25) is 14.5 Å². The summed E-state index contributed by atoms with van der Waals surface area (Å²) in [6.45, 7) is 4.84. The molecule has 0 radical (unpaired) electrons. The number of carbonyl (C=O) groups excluding carboxylic acids is 1. The first-order valence-electron chi connectivity index (χ1n) is 7.90. The molecule has 1 aliphatic rings. The summed E-state index contributed by atoms with van der Waals surface area (Å²) in [6, 6.07) is 7.74. The van der Waals surface area contributed by atoms with Gasteiger partial charge in [0.05, 0.1) is 6.42 Å². The number of carboxylic acids is 1. The molecule has 1 saturated heterocycles. The molecule has 0 saturated carbocycles. The Hall–Kier alpha value is -2.34. The van der Waals surface area contributed by atoms with Gasteiger partial charge in [-0.1, -0.05) is 6.07 Å². The van der Waals surface area contributed by atoms with E-state index >= 15 is 0 Å². The van der Waals surface area contributed by atoms with Crippen LogP contribution < -0.4 is 5.32 Å². The lowest BCUT2D eigenvalue weighted by Gasteiger charge is -2.34. The van der Waals surface area contributed by atoms with E-state index in [-0.39, 0.29) is 12.3 Å². The van der Waals surface area contributed by atoms with E-state index in [1.807, 2.05) is 4.90 Å². The van der Waals surface area contributed by atoms with Gasteiger partial charge in [0.2, 0.25) is 5.91 Å². The molecule has 3 rings (SSSR count). The Morgan fingerprint density at radius 1 is 1.39 bits per heavy atom. The highest BCUT2D eigenvalue weighted by Crippen LogP contribution is 2.20. The second kappa shape index (κ2) is 6.42. The van der Waals surface area contributed by atoms with E-state index in [4.69, 9.17) is 5.11 Å². The number of nitrogens with zero attached hydrogens (tertiary/aromatic N) is 2. The van der Waals surface area contributed by atoms with E-state index in [0.717, 1.165) is 12.1 Å². The Morgan fingerprint density at radius 3 is 2.96 bits per heavy atom. The van der Waals surface area contributed by atoms with Gasteiger partial charge in [-0.25, -0.2) is 0 Å². The third-order valence-electron chi connectivity index (χ3n) is 4.37. The van der Waals surface area contributed by atoms with Crippen LogP contribution in [0, 0.1) is 0 Å². The number of rotatable bonds is 5. The number of piperazine rings is 1. The van der Waals surface area contributed by atoms with Crippen molar-refractivity contribution >= 4 is 22.8 Å². The molecule has 2 heterocycles. The number of fused-ring (bicyclic) bond motifs is 1. The van der Waals surface area contributed by atoms with Crippen molar-refractivity contribution < 1.29 is 14.7 Å². The zero-order valence-corrected chi connectivity index (χ0v) is 13.2. The van der Waals surface area contributed by atoms with Crippen molar-refractivity contribution in [3.05, 3.63) is 36.0 Å². The molecular formula is C17H21N3O3. The third-order valence-corrected chi connectivity index (χ3v) is 4.37. The van der Waals surface area contributed by atoms with Gasteiger partial charge in [-0.05, 0) is 36.1 Å². The number of carbonyl (C=O) groups is 2. The van der Waals surface area contributed by atoms with E-state index in [1.165, 1.54) is 10.9 Å². The lowest BCUT2D eigenvalue weighted by molar-refractivity contribution is -0.143. The summed E-state index contributed by atoms with van der Waals surface area (Å²) in [5, 5.41) is 12.9. The molecule has 2 aromatic rings. The maximum atomic E-state index is 12.0. The molecule has 122 valence electrons. The second-order valence-electron chi connectivity index (χ2n) is 5.87. The van der Waals surface area contributed by atoms with E-state index in [1.54, 1.807) is 0 Å². The van der Waals surface area contributed by atoms with E-state index in [9.17, 15) is 9.59 Å². The summed E-state index contributed by atoms with van der Waals surface area (Å²) in [5.41, 5.74) is 2.28. The van der Waals surface area contributed by atoms with Crippen LogP contribution in [-0.4, -0.2) is 45.6 Å². The normalized spacial score (nSPS) is 19.0. The number of aromatic nitrogens is 1. The monoisotopic (exact) mass is 315 g/mol. The second-order valence-corrected chi connectivity index (χ2v) is 5.87. The van der Waals surface area contributed by atoms with Gasteiger partial charge in [0.1, 0.15) is 6.04 Å². The Kier molecular flexibility index (Phi) is 4.34. The van der Waals surface area contributed by atoms with Crippen molar-refractivity contribution in [1.82, 2.24) is 14.8 Å². The average molecular weight is 315 g/mol. The number of nitrogens with one attached hydrogen (secondary N) is 1. The molecule has 1 aromatic carbocycles. The molecule has 0 unspecified atom stereocenters. The highest BCUT2D eigenvalue weighted by atomic mass is 16.4. The summed E-state index contributed by atoms with van der Waals surface area (Å²) >= 11 is 0. The molecule has 0 bridgehead atoms. The largest absolute Gasteiger partial charge is 0.481 e. The van der Waals surface area contributed by atoms with E-state index in [2.05, 4.69) is 47.3 Å². The van der Waals surface area contributed by atoms with Crippen molar-refractivity contribution in [2.75, 3.05) is 13.1 Å². The first-order valence-corrected chi connectivity index (χ1v) is 7.90. The zero-order valence-electron chi connectivity index (χ0n) is 13.2. The number of aryl methyl sites for hydroxylation is 1. The van der Waals surface area contributed by atoms with Crippen molar-refractivity contribution in [1.29, 1.82) is 0 Å². The predicted molar refractivity (Wildman–Crippen MR) is 87.1 cm³/mol. The summed E-state index contributed by atoms with van der Waals surface area (Å²) in [5.74, 6) is -1.15. The fourth-order valence-electron chi connectivity index (χ4n) is 3.20. The minimum atomic E-state index is -0.951. The molecule has 1 amide bonds. The highest BCUT2D eigenvalue weighted by Gasteiger charge is 2.31. The molecule has 1 atom stereocenters. The van der Waals surface area contributed by atoms with Crippen molar-refractivity contribution in [2.24, 2.45) is 0 Å². The SMILES string of the molecule is CCn1ccc2cc(CN3CCNC(=O)[C@@H]3CC(=O)O)ccc21. The molecule has 6 nitrogen and oxygen atoms in total. The van der Waals surface area contributed by atoms with Gasteiger partial charge < -0.3 is 15.0 Å². The maximum Gasteiger partial charge on any atom is 0.305 e. The Balaban J connectivity index is 1.81. The van der Waals surface area contributed by atoms with Crippen LogP contribution in [0.25, 0.3) is 10.9 Å². The van der Waals surface area contributed by atoms with Gasteiger partial charge >= 0.3 is 5.97 Å². The highest BCUT2D eigenvalue weighted by molar-refractivity contribution is 5.86. The molecule has 23 heavy (non-hydrogen) atoms. The van der Waals surface area contributed by atoms with Crippen LogP contribution in [0.4, 0.5) is 0 Å². The van der Waals surface area contributed by atoms with Gasteiger partial charge in [-0.15, -0.1) is 0 Å².